The summed E-state index contributed by atoms with van der Waals surface area (Å²) in [5, 5.41) is 9.50. The topological polar surface area (TPSA) is 23.5 Å². The van der Waals surface area contributed by atoms with Gasteiger partial charge in [0.05, 0.1) is 0 Å². The zero-order valence-corrected chi connectivity index (χ0v) is 8.47. The highest BCUT2D eigenvalue weighted by Crippen LogP contribution is 2.28. The number of aliphatic hydroxyl groups is 1. The molecule has 1 heterocycles. The lowest BCUT2D eigenvalue weighted by Crippen LogP contribution is -2.48. The first kappa shape index (κ1) is 11.6. The molecule has 0 aliphatic carbocycles. The van der Waals surface area contributed by atoms with Crippen LogP contribution in [0.5, 0.6) is 0 Å². The van der Waals surface area contributed by atoms with E-state index < -0.39 is 12.0 Å². The second kappa shape index (κ2) is 4.36. The standard InChI is InChI=1S/C10H17F2NO/c1-8(2)7-13-5-3-10(14,4-6-13)9(11)12/h9,14H,1,3-7H2,2H3. The molecule has 14 heavy (non-hydrogen) atoms. The average molecular weight is 205 g/mol. The third-order valence-electron chi connectivity index (χ3n) is 2.62. The van der Waals surface area contributed by atoms with Gasteiger partial charge < -0.3 is 5.11 Å². The second-order valence-corrected chi connectivity index (χ2v) is 4.14. The van der Waals surface area contributed by atoms with Gasteiger partial charge in [-0.3, -0.25) is 4.90 Å². The predicted molar refractivity (Wildman–Crippen MR) is 51.4 cm³/mol. The Balaban J connectivity index is 2.41. The molecule has 0 spiro atoms. The first-order chi connectivity index (χ1) is 6.44. The van der Waals surface area contributed by atoms with Crippen LogP contribution in [-0.2, 0) is 0 Å². The Morgan fingerprint density at radius 1 is 1.50 bits per heavy atom. The van der Waals surface area contributed by atoms with E-state index in [0.717, 1.165) is 12.1 Å². The first-order valence-corrected chi connectivity index (χ1v) is 4.81. The average Bonchev–Trinajstić information content (AvgIpc) is 2.08. The highest BCUT2D eigenvalue weighted by atomic mass is 19.3. The molecule has 1 aliphatic rings. The van der Waals surface area contributed by atoms with E-state index in [-0.39, 0.29) is 12.8 Å². The van der Waals surface area contributed by atoms with Crippen molar-refractivity contribution in [1.82, 2.24) is 4.90 Å². The molecule has 82 valence electrons. The van der Waals surface area contributed by atoms with E-state index in [1.807, 2.05) is 11.8 Å². The molecular formula is C10H17F2NO. The van der Waals surface area contributed by atoms with Crippen molar-refractivity contribution in [3.8, 4) is 0 Å². The summed E-state index contributed by atoms with van der Waals surface area (Å²) in [5.41, 5.74) is -0.738. The van der Waals surface area contributed by atoms with Crippen LogP contribution in [0, 0.1) is 0 Å². The van der Waals surface area contributed by atoms with Gasteiger partial charge >= 0.3 is 0 Å². The third-order valence-corrected chi connectivity index (χ3v) is 2.62. The molecule has 0 aromatic rings. The van der Waals surface area contributed by atoms with E-state index >= 15 is 0 Å². The van der Waals surface area contributed by atoms with E-state index in [4.69, 9.17) is 0 Å². The summed E-state index contributed by atoms with van der Waals surface area (Å²) in [5.74, 6) is 0. The lowest BCUT2D eigenvalue weighted by atomic mass is 9.92. The van der Waals surface area contributed by atoms with Gasteiger partial charge in [-0.05, 0) is 19.8 Å². The van der Waals surface area contributed by atoms with Crippen molar-refractivity contribution < 1.29 is 13.9 Å². The summed E-state index contributed by atoms with van der Waals surface area (Å²) in [7, 11) is 0. The van der Waals surface area contributed by atoms with Crippen LogP contribution < -0.4 is 0 Å². The molecule has 1 fully saturated rings. The van der Waals surface area contributed by atoms with Crippen LogP contribution in [0.4, 0.5) is 8.78 Å². The molecule has 0 unspecified atom stereocenters. The van der Waals surface area contributed by atoms with Gasteiger partial charge in [-0.2, -0.15) is 0 Å². The van der Waals surface area contributed by atoms with Crippen molar-refractivity contribution in [2.45, 2.75) is 31.8 Å². The molecule has 1 aliphatic heterocycles. The molecule has 0 aromatic carbocycles. The SMILES string of the molecule is C=C(C)CN1CCC(O)(C(F)F)CC1. The molecule has 1 saturated heterocycles. The number of piperidine rings is 1. The second-order valence-electron chi connectivity index (χ2n) is 4.14. The number of alkyl halides is 2. The van der Waals surface area contributed by atoms with Gasteiger partial charge in [0.15, 0.2) is 0 Å². The summed E-state index contributed by atoms with van der Waals surface area (Å²) >= 11 is 0. The van der Waals surface area contributed by atoms with E-state index in [0.29, 0.717) is 13.1 Å². The van der Waals surface area contributed by atoms with Crippen molar-refractivity contribution in [1.29, 1.82) is 0 Å². The molecule has 0 saturated carbocycles. The smallest absolute Gasteiger partial charge is 0.266 e. The fourth-order valence-corrected chi connectivity index (χ4v) is 1.70. The minimum Gasteiger partial charge on any atom is -0.384 e. The number of hydrogen-bond acceptors (Lipinski definition) is 2. The maximum absolute atomic E-state index is 12.4. The fourth-order valence-electron chi connectivity index (χ4n) is 1.70. The molecule has 1 N–H and O–H groups in total. The van der Waals surface area contributed by atoms with Gasteiger partial charge in [-0.15, -0.1) is 0 Å². The van der Waals surface area contributed by atoms with Gasteiger partial charge in [-0.1, -0.05) is 12.2 Å². The molecule has 0 bridgehead atoms. The normalized spacial score (nSPS) is 22.6. The zero-order chi connectivity index (χ0) is 10.8. The Morgan fingerprint density at radius 3 is 2.36 bits per heavy atom. The Hall–Kier alpha value is -0.480. The minimum atomic E-state index is -2.63. The number of rotatable bonds is 3. The lowest BCUT2D eigenvalue weighted by molar-refractivity contribution is -0.125. The molecule has 0 radical (unpaired) electrons. The molecule has 0 amide bonds. The molecule has 2 nitrogen and oxygen atoms in total. The van der Waals surface area contributed by atoms with Crippen LogP contribution in [0.25, 0.3) is 0 Å². The van der Waals surface area contributed by atoms with Crippen LogP contribution in [0.1, 0.15) is 19.8 Å². The summed E-state index contributed by atoms with van der Waals surface area (Å²) in [6.45, 7) is 7.46. The summed E-state index contributed by atoms with van der Waals surface area (Å²) in [4.78, 5) is 2.04. The van der Waals surface area contributed by atoms with Crippen LogP contribution in [0.15, 0.2) is 12.2 Å². The van der Waals surface area contributed by atoms with Crippen LogP contribution in [0.3, 0.4) is 0 Å². The quantitative estimate of drug-likeness (QED) is 0.708. The highest BCUT2D eigenvalue weighted by Gasteiger charge is 2.40. The Kier molecular flexibility index (Phi) is 3.61. The van der Waals surface area contributed by atoms with E-state index in [1.165, 1.54) is 0 Å². The lowest BCUT2D eigenvalue weighted by Gasteiger charge is -2.37. The van der Waals surface area contributed by atoms with Crippen molar-refractivity contribution in [2.75, 3.05) is 19.6 Å². The van der Waals surface area contributed by atoms with Crippen LogP contribution in [0.2, 0.25) is 0 Å². The molecule has 0 aromatic heterocycles. The fraction of sp³-hybridized carbons (Fsp3) is 0.800. The highest BCUT2D eigenvalue weighted by molar-refractivity contribution is 4.95. The first-order valence-electron chi connectivity index (χ1n) is 4.81. The van der Waals surface area contributed by atoms with E-state index in [9.17, 15) is 13.9 Å². The predicted octanol–water partition coefficient (Wildman–Crippen LogP) is 1.65. The molecule has 0 atom stereocenters. The minimum absolute atomic E-state index is 0.151. The number of likely N-dealkylation sites (tertiary alicyclic amines) is 1. The largest absolute Gasteiger partial charge is 0.384 e. The van der Waals surface area contributed by atoms with Crippen molar-refractivity contribution in [2.24, 2.45) is 0 Å². The van der Waals surface area contributed by atoms with Gasteiger partial charge in [0.1, 0.15) is 5.60 Å². The van der Waals surface area contributed by atoms with Crippen molar-refractivity contribution in [3.63, 3.8) is 0 Å². The van der Waals surface area contributed by atoms with E-state index in [2.05, 4.69) is 6.58 Å². The number of nitrogens with zero attached hydrogens (tertiary/aromatic N) is 1. The summed E-state index contributed by atoms with van der Waals surface area (Å²) < 4.78 is 24.8. The maximum atomic E-state index is 12.4. The Labute approximate surface area is 83.2 Å². The molecular weight excluding hydrogens is 188 g/mol. The third kappa shape index (κ3) is 2.75. The summed E-state index contributed by atoms with van der Waals surface area (Å²) in [6, 6.07) is 0. The zero-order valence-electron chi connectivity index (χ0n) is 8.47. The summed E-state index contributed by atoms with van der Waals surface area (Å²) in [6.07, 6.45) is -2.33. The van der Waals surface area contributed by atoms with Gasteiger partial charge in [-0.25, -0.2) is 8.78 Å². The Morgan fingerprint density at radius 2 is 2.00 bits per heavy atom. The van der Waals surface area contributed by atoms with Crippen molar-refractivity contribution in [3.05, 3.63) is 12.2 Å². The number of halogens is 2. The van der Waals surface area contributed by atoms with Crippen LogP contribution in [-0.4, -0.2) is 41.7 Å². The number of hydrogen-bond donors (Lipinski definition) is 1. The van der Waals surface area contributed by atoms with Gasteiger partial charge in [0, 0.05) is 19.6 Å². The van der Waals surface area contributed by atoms with Crippen molar-refractivity contribution >= 4 is 0 Å². The monoisotopic (exact) mass is 205 g/mol. The van der Waals surface area contributed by atoms with Crippen LogP contribution >= 0.6 is 0 Å². The van der Waals surface area contributed by atoms with Gasteiger partial charge in [0.2, 0.25) is 0 Å². The molecule has 4 heteroatoms. The van der Waals surface area contributed by atoms with Gasteiger partial charge in [0.25, 0.3) is 6.43 Å². The van der Waals surface area contributed by atoms with E-state index in [1.54, 1.807) is 0 Å². The maximum Gasteiger partial charge on any atom is 0.266 e. The Bertz CT molecular complexity index is 210. The molecule has 1 rings (SSSR count).